The van der Waals surface area contributed by atoms with E-state index in [9.17, 15) is 14.7 Å². The number of carbonyl (C=O) groups excluding carboxylic acids is 2. The van der Waals surface area contributed by atoms with E-state index in [1.165, 1.54) is 0 Å². The zero-order valence-electron chi connectivity index (χ0n) is 18.7. The third-order valence-electron chi connectivity index (χ3n) is 8.69. The molecule has 2 amide bonds. The summed E-state index contributed by atoms with van der Waals surface area (Å²) in [5.41, 5.74) is -1.37. The molecule has 6 rings (SSSR count). The first-order valence-electron chi connectivity index (χ1n) is 12.4. The number of urea groups is 1. The topological polar surface area (TPSA) is 101 Å². The van der Waals surface area contributed by atoms with E-state index in [1.54, 1.807) is 18.3 Å². The summed E-state index contributed by atoms with van der Waals surface area (Å²) < 4.78 is 6.37. The van der Waals surface area contributed by atoms with E-state index in [2.05, 4.69) is 15.5 Å². The Labute approximate surface area is 189 Å². The number of fused-ring (bicyclic) bond motifs is 3. The van der Waals surface area contributed by atoms with Crippen LogP contribution < -0.4 is 5.32 Å². The maximum atomic E-state index is 13.6. The molecule has 0 aromatic carbocycles. The number of anilines is 1. The molecule has 2 saturated carbocycles. The van der Waals surface area contributed by atoms with Crippen molar-refractivity contribution in [1.82, 2.24) is 10.2 Å². The molecule has 5 fully saturated rings. The van der Waals surface area contributed by atoms with Crippen LogP contribution in [0.15, 0.2) is 18.3 Å². The standard InChI is InChI=1S/C24H34N4O4/c29-22(24(31,18-6-1-2-7-18)19-8-3-4-9-19)32-20-16-28(14-11-17(20)12-15-28)23(30)26-21-10-5-13-25-27-21/h5,10,13,17-20,31H,1-4,6-9,11-12,14-16H2/p+1/t17?,20-,28?/m0/s1. The van der Waals surface area contributed by atoms with Crippen LogP contribution in [0.5, 0.6) is 0 Å². The fourth-order valence-corrected chi connectivity index (χ4v) is 6.78. The van der Waals surface area contributed by atoms with Crippen molar-refractivity contribution < 1.29 is 23.9 Å². The molecule has 2 aliphatic carbocycles. The number of amides is 2. The number of ether oxygens (including phenoxy) is 1. The van der Waals surface area contributed by atoms with E-state index in [1.807, 2.05) is 0 Å². The first-order valence-corrected chi connectivity index (χ1v) is 12.4. The zero-order valence-corrected chi connectivity index (χ0v) is 18.7. The molecule has 0 spiro atoms. The summed E-state index contributed by atoms with van der Waals surface area (Å²) >= 11 is 0. The normalized spacial score (nSPS) is 31.0. The van der Waals surface area contributed by atoms with E-state index >= 15 is 0 Å². The van der Waals surface area contributed by atoms with Gasteiger partial charge in [0.1, 0.15) is 6.54 Å². The van der Waals surface area contributed by atoms with Gasteiger partial charge in [0.15, 0.2) is 17.5 Å². The first-order chi connectivity index (χ1) is 15.5. The molecule has 2 bridgehead atoms. The van der Waals surface area contributed by atoms with Crippen LogP contribution in [0.4, 0.5) is 10.6 Å². The second-order valence-electron chi connectivity index (χ2n) is 10.4. The molecule has 0 radical (unpaired) electrons. The number of quaternary nitrogens is 1. The predicted molar refractivity (Wildman–Crippen MR) is 117 cm³/mol. The molecular weight excluding hydrogens is 408 g/mol. The van der Waals surface area contributed by atoms with Crippen LogP contribution in [-0.4, -0.2) is 63.1 Å². The summed E-state index contributed by atoms with van der Waals surface area (Å²) in [6.45, 7) is 1.94. The number of aromatic nitrogens is 2. The fourth-order valence-electron chi connectivity index (χ4n) is 6.78. The number of piperidine rings is 3. The molecule has 0 unspecified atom stereocenters. The minimum Gasteiger partial charge on any atom is -0.454 e. The van der Waals surface area contributed by atoms with Gasteiger partial charge in [0.25, 0.3) is 0 Å². The average Bonchev–Trinajstić information content (AvgIpc) is 3.55. The van der Waals surface area contributed by atoms with Gasteiger partial charge < -0.3 is 9.84 Å². The lowest BCUT2D eigenvalue weighted by Crippen LogP contribution is -2.68. The monoisotopic (exact) mass is 443 g/mol. The van der Waals surface area contributed by atoms with Crippen LogP contribution in [-0.2, 0) is 9.53 Å². The van der Waals surface area contributed by atoms with Crippen LogP contribution in [0.25, 0.3) is 0 Å². The summed E-state index contributed by atoms with van der Waals surface area (Å²) in [7, 11) is 0. The zero-order chi connectivity index (χ0) is 22.2. The lowest BCUT2D eigenvalue weighted by Gasteiger charge is -2.50. The number of hydrogen-bond donors (Lipinski definition) is 2. The van der Waals surface area contributed by atoms with Gasteiger partial charge >= 0.3 is 12.0 Å². The second-order valence-corrected chi connectivity index (χ2v) is 10.4. The summed E-state index contributed by atoms with van der Waals surface area (Å²) in [6, 6.07) is 3.34. The van der Waals surface area contributed by atoms with Crippen molar-refractivity contribution in [2.45, 2.75) is 75.9 Å². The highest BCUT2D eigenvalue weighted by Gasteiger charge is 2.56. The number of hydrogen-bond acceptors (Lipinski definition) is 6. The molecule has 1 atom stereocenters. The largest absolute Gasteiger partial charge is 0.454 e. The van der Waals surface area contributed by atoms with Crippen molar-refractivity contribution in [3.8, 4) is 0 Å². The Morgan fingerprint density at radius 3 is 2.22 bits per heavy atom. The minimum atomic E-state index is -1.37. The molecule has 32 heavy (non-hydrogen) atoms. The van der Waals surface area contributed by atoms with Gasteiger partial charge in [0.2, 0.25) is 0 Å². The molecule has 3 aliphatic heterocycles. The first kappa shape index (κ1) is 21.8. The summed E-state index contributed by atoms with van der Waals surface area (Å²) in [5.74, 6) is 0.273. The van der Waals surface area contributed by atoms with Crippen LogP contribution in [0.2, 0.25) is 0 Å². The third kappa shape index (κ3) is 3.81. The van der Waals surface area contributed by atoms with Gasteiger partial charge in [-0.25, -0.2) is 14.1 Å². The van der Waals surface area contributed by atoms with Crippen molar-refractivity contribution in [1.29, 1.82) is 0 Å². The molecule has 4 heterocycles. The van der Waals surface area contributed by atoms with Crippen LogP contribution in [0, 0.1) is 17.8 Å². The van der Waals surface area contributed by atoms with Crippen molar-refractivity contribution >= 4 is 17.8 Å². The van der Waals surface area contributed by atoms with Crippen molar-refractivity contribution in [3.05, 3.63) is 18.3 Å². The van der Waals surface area contributed by atoms with E-state index in [0.717, 1.165) is 77.3 Å². The van der Waals surface area contributed by atoms with E-state index < -0.39 is 11.6 Å². The van der Waals surface area contributed by atoms with Crippen molar-refractivity contribution in [2.24, 2.45) is 17.8 Å². The smallest absolute Gasteiger partial charge is 0.422 e. The fraction of sp³-hybridized carbons (Fsp3) is 0.750. The highest BCUT2D eigenvalue weighted by atomic mass is 16.6. The molecule has 3 saturated heterocycles. The van der Waals surface area contributed by atoms with Gasteiger partial charge in [-0.15, -0.1) is 5.10 Å². The number of aliphatic hydroxyl groups is 1. The Bertz CT molecular complexity index is 812. The maximum Gasteiger partial charge on any atom is 0.422 e. The van der Waals surface area contributed by atoms with Crippen molar-refractivity contribution in [3.63, 3.8) is 0 Å². The molecule has 1 aromatic heterocycles. The Morgan fingerprint density at radius 2 is 1.66 bits per heavy atom. The quantitative estimate of drug-likeness (QED) is 0.535. The van der Waals surface area contributed by atoms with Crippen LogP contribution in [0.3, 0.4) is 0 Å². The molecule has 8 nitrogen and oxygen atoms in total. The van der Waals surface area contributed by atoms with E-state index in [4.69, 9.17) is 4.74 Å². The number of carbonyl (C=O) groups is 2. The average molecular weight is 444 g/mol. The van der Waals surface area contributed by atoms with Crippen molar-refractivity contribution in [2.75, 3.05) is 25.0 Å². The van der Waals surface area contributed by atoms with Gasteiger partial charge in [0, 0.05) is 25.0 Å². The molecule has 8 heteroatoms. The minimum absolute atomic E-state index is 0.00211. The molecule has 1 aromatic rings. The van der Waals surface area contributed by atoms with Gasteiger partial charge in [0.05, 0.1) is 13.1 Å². The van der Waals surface area contributed by atoms with E-state index in [-0.39, 0.29) is 34.4 Å². The summed E-state index contributed by atoms with van der Waals surface area (Å²) in [4.78, 5) is 26.7. The Morgan fingerprint density at radius 1 is 1.03 bits per heavy atom. The summed E-state index contributed by atoms with van der Waals surface area (Å²) in [6.07, 6.45) is 10.8. The molecular formula is C24H35N4O4+. The maximum absolute atomic E-state index is 13.6. The Balaban J connectivity index is 1.31. The summed E-state index contributed by atoms with van der Waals surface area (Å²) in [5, 5.41) is 22.5. The Hall–Kier alpha value is -2.06. The Kier molecular flexibility index (Phi) is 5.92. The van der Waals surface area contributed by atoms with Gasteiger partial charge in [-0.3, -0.25) is 5.32 Å². The van der Waals surface area contributed by atoms with Crippen LogP contribution in [0.1, 0.15) is 64.2 Å². The molecule has 174 valence electrons. The van der Waals surface area contributed by atoms with Gasteiger partial charge in [-0.05, 0) is 49.7 Å². The van der Waals surface area contributed by atoms with Crippen LogP contribution >= 0.6 is 0 Å². The van der Waals surface area contributed by atoms with E-state index in [0.29, 0.717) is 12.4 Å². The lowest BCUT2D eigenvalue weighted by atomic mass is 9.74. The highest BCUT2D eigenvalue weighted by Crippen LogP contribution is 2.46. The third-order valence-corrected chi connectivity index (χ3v) is 8.69. The second kappa shape index (κ2) is 8.71. The predicted octanol–water partition coefficient (Wildman–Crippen LogP) is 3.27. The number of nitrogens with zero attached hydrogens (tertiary/aromatic N) is 3. The number of rotatable bonds is 5. The lowest BCUT2D eigenvalue weighted by molar-refractivity contribution is -0.869. The molecule has 5 aliphatic rings. The number of esters is 1. The highest BCUT2D eigenvalue weighted by molar-refractivity contribution is 5.83. The van der Waals surface area contributed by atoms with Gasteiger partial charge in [-0.2, -0.15) is 5.10 Å². The number of nitrogens with one attached hydrogen (secondary N) is 1. The molecule has 2 N–H and O–H groups in total. The van der Waals surface area contributed by atoms with Gasteiger partial charge in [-0.1, -0.05) is 25.7 Å². The SMILES string of the molecule is O=C(O[C@H]1C[N+]2(C(=O)Nc3cccnn3)CCC1CC2)C(O)(C1CCCC1)C1CCCC1.